The first-order chi connectivity index (χ1) is 7.54. The lowest BCUT2D eigenvalue weighted by molar-refractivity contribution is 0.101. The van der Waals surface area contributed by atoms with E-state index in [-0.39, 0.29) is 5.78 Å². The standard InChI is InChI=1S/C12H18N2OS/c1-8(16-3)7-14-10-4-5-11(9(2)15)12(13)6-10/h4-6,8,14H,7,13H2,1-3H3. The third kappa shape index (κ3) is 3.45. The Hall–Kier alpha value is -1.16. The molecule has 1 rings (SSSR count). The van der Waals surface area contributed by atoms with Crippen molar-refractivity contribution in [2.24, 2.45) is 0 Å². The quantitative estimate of drug-likeness (QED) is 0.611. The Balaban J connectivity index is 2.70. The third-order valence-corrected chi connectivity index (χ3v) is 3.40. The average molecular weight is 238 g/mol. The van der Waals surface area contributed by atoms with Gasteiger partial charge in [0.1, 0.15) is 0 Å². The second-order valence-electron chi connectivity index (χ2n) is 3.79. The number of anilines is 2. The van der Waals surface area contributed by atoms with Gasteiger partial charge in [0, 0.05) is 28.7 Å². The first-order valence-electron chi connectivity index (χ1n) is 5.21. The first kappa shape index (κ1) is 12.9. The van der Waals surface area contributed by atoms with E-state index in [4.69, 9.17) is 5.73 Å². The molecule has 1 atom stereocenters. The van der Waals surface area contributed by atoms with Crippen LogP contribution in [0.4, 0.5) is 11.4 Å². The Kier molecular flexibility index (Phi) is 4.68. The number of carbonyl (C=O) groups is 1. The largest absolute Gasteiger partial charge is 0.398 e. The van der Waals surface area contributed by atoms with E-state index in [0.717, 1.165) is 12.2 Å². The number of carbonyl (C=O) groups excluding carboxylic acids is 1. The SMILES string of the molecule is CSC(C)CNc1ccc(C(C)=O)c(N)c1. The van der Waals surface area contributed by atoms with Crippen LogP contribution in [-0.4, -0.2) is 23.8 Å². The lowest BCUT2D eigenvalue weighted by Gasteiger charge is -2.12. The zero-order valence-corrected chi connectivity index (χ0v) is 10.7. The molecule has 0 radical (unpaired) electrons. The number of hydrogen-bond donors (Lipinski definition) is 2. The fourth-order valence-electron chi connectivity index (χ4n) is 1.34. The molecule has 1 aromatic rings. The number of nitrogen functional groups attached to an aromatic ring is 1. The number of nitrogens with one attached hydrogen (secondary N) is 1. The van der Waals surface area contributed by atoms with Crippen molar-refractivity contribution in [2.45, 2.75) is 19.1 Å². The van der Waals surface area contributed by atoms with E-state index in [2.05, 4.69) is 18.5 Å². The molecule has 0 bridgehead atoms. The van der Waals surface area contributed by atoms with Crippen molar-refractivity contribution in [3.63, 3.8) is 0 Å². The molecule has 0 aliphatic carbocycles. The van der Waals surface area contributed by atoms with Crippen molar-refractivity contribution in [3.05, 3.63) is 23.8 Å². The summed E-state index contributed by atoms with van der Waals surface area (Å²) in [6, 6.07) is 5.47. The molecule has 3 N–H and O–H groups in total. The Morgan fingerprint density at radius 2 is 2.25 bits per heavy atom. The molecule has 0 aliphatic rings. The van der Waals surface area contributed by atoms with Gasteiger partial charge in [0.2, 0.25) is 0 Å². The second-order valence-corrected chi connectivity index (χ2v) is 5.06. The minimum Gasteiger partial charge on any atom is -0.398 e. The summed E-state index contributed by atoms with van der Waals surface area (Å²) in [5, 5.41) is 3.84. The van der Waals surface area contributed by atoms with Crippen molar-refractivity contribution in [1.82, 2.24) is 0 Å². The number of benzene rings is 1. The van der Waals surface area contributed by atoms with Crippen LogP contribution in [0.25, 0.3) is 0 Å². The van der Waals surface area contributed by atoms with E-state index >= 15 is 0 Å². The normalized spacial score (nSPS) is 12.2. The van der Waals surface area contributed by atoms with Crippen LogP contribution in [0.3, 0.4) is 0 Å². The number of nitrogens with two attached hydrogens (primary N) is 1. The monoisotopic (exact) mass is 238 g/mol. The number of rotatable bonds is 5. The Bertz CT molecular complexity index is 379. The van der Waals surface area contributed by atoms with Crippen LogP contribution in [0.2, 0.25) is 0 Å². The lowest BCUT2D eigenvalue weighted by atomic mass is 10.1. The molecule has 0 amide bonds. The molecular formula is C12H18N2OS. The molecule has 0 spiro atoms. The van der Waals surface area contributed by atoms with Crippen LogP contribution in [-0.2, 0) is 0 Å². The lowest BCUT2D eigenvalue weighted by Crippen LogP contribution is -2.13. The van der Waals surface area contributed by atoms with Gasteiger partial charge in [-0.2, -0.15) is 11.8 Å². The minimum atomic E-state index is 0.00142. The molecule has 0 saturated carbocycles. The number of ketones is 1. The van der Waals surface area contributed by atoms with E-state index in [9.17, 15) is 4.79 Å². The summed E-state index contributed by atoms with van der Waals surface area (Å²) in [6.07, 6.45) is 2.08. The van der Waals surface area contributed by atoms with Gasteiger partial charge in [0.05, 0.1) is 0 Å². The van der Waals surface area contributed by atoms with Gasteiger partial charge >= 0.3 is 0 Å². The van der Waals surface area contributed by atoms with E-state index < -0.39 is 0 Å². The summed E-state index contributed by atoms with van der Waals surface area (Å²) in [6.45, 7) is 4.57. The molecule has 0 fully saturated rings. The Morgan fingerprint density at radius 3 is 2.75 bits per heavy atom. The summed E-state index contributed by atoms with van der Waals surface area (Å²) in [7, 11) is 0. The molecule has 0 aromatic heterocycles. The average Bonchev–Trinajstić information content (AvgIpc) is 2.25. The van der Waals surface area contributed by atoms with Crippen molar-refractivity contribution >= 4 is 28.9 Å². The van der Waals surface area contributed by atoms with E-state index in [0.29, 0.717) is 16.5 Å². The van der Waals surface area contributed by atoms with E-state index in [1.807, 2.05) is 23.9 Å². The van der Waals surface area contributed by atoms with Crippen LogP contribution in [0.5, 0.6) is 0 Å². The van der Waals surface area contributed by atoms with Crippen molar-refractivity contribution in [2.75, 3.05) is 23.9 Å². The molecule has 0 heterocycles. The topological polar surface area (TPSA) is 55.1 Å². The molecule has 4 heteroatoms. The molecule has 3 nitrogen and oxygen atoms in total. The summed E-state index contributed by atoms with van der Waals surface area (Å²) in [4.78, 5) is 11.2. The summed E-state index contributed by atoms with van der Waals surface area (Å²) in [5.74, 6) is 0.00142. The smallest absolute Gasteiger partial charge is 0.161 e. The second kappa shape index (κ2) is 5.80. The zero-order valence-electron chi connectivity index (χ0n) is 9.91. The molecule has 88 valence electrons. The fourth-order valence-corrected chi connectivity index (χ4v) is 1.59. The maximum absolute atomic E-state index is 11.2. The molecular weight excluding hydrogens is 220 g/mol. The van der Waals surface area contributed by atoms with Crippen LogP contribution >= 0.6 is 11.8 Å². The highest BCUT2D eigenvalue weighted by Gasteiger charge is 2.05. The summed E-state index contributed by atoms with van der Waals surface area (Å²) in [5.41, 5.74) is 7.88. The van der Waals surface area contributed by atoms with Crippen molar-refractivity contribution < 1.29 is 4.79 Å². The van der Waals surface area contributed by atoms with Crippen molar-refractivity contribution in [1.29, 1.82) is 0 Å². The van der Waals surface area contributed by atoms with E-state index in [1.54, 1.807) is 6.07 Å². The minimum absolute atomic E-state index is 0.00142. The van der Waals surface area contributed by atoms with Gasteiger partial charge in [0.15, 0.2) is 5.78 Å². The van der Waals surface area contributed by atoms with Crippen LogP contribution in [0.15, 0.2) is 18.2 Å². The molecule has 0 saturated heterocycles. The summed E-state index contributed by atoms with van der Waals surface area (Å²) >= 11 is 1.81. The number of thioether (sulfide) groups is 1. The van der Waals surface area contributed by atoms with Gasteiger partial charge in [0.25, 0.3) is 0 Å². The van der Waals surface area contributed by atoms with E-state index in [1.165, 1.54) is 6.92 Å². The van der Waals surface area contributed by atoms with Gasteiger partial charge in [-0.15, -0.1) is 0 Å². The highest BCUT2D eigenvalue weighted by atomic mass is 32.2. The summed E-state index contributed by atoms with van der Waals surface area (Å²) < 4.78 is 0. The predicted molar refractivity (Wildman–Crippen MR) is 72.3 cm³/mol. The highest BCUT2D eigenvalue weighted by molar-refractivity contribution is 7.99. The fraction of sp³-hybridized carbons (Fsp3) is 0.417. The zero-order chi connectivity index (χ0) is 12.1. The third-order valence-electron chi connectivity index (χ3n) is 2.43. The Morgan fingerprint density at radius 1 is 1.56 bits per heavy atom. The van der Waals surface area contributed by atoms with Gasteiger partial charge in [-0.1, -0.05) is 6.92 Å². The number of Topliss-reactive ketones (excluding diaryl/α,β-unsaturated/α-hetero) is 1. The Labute approximate surface area is 101 Å². The van der Waals surface area contributed by atoms with Crippen LogP contribution in [0.1, 0.15) is 24.2 Å². The molecule has 16 heavy (non-hydrogen) atoms. The predicted octanol–water partition coefficient (Wildman–Crippen LogP) is 2.63. The molecule has 1 unspecified atom stereocenters. The van der Waals surface area contributed by atoms with Crippen LogP contribution in [0, 0.1) is 0 Å². The van der Waals surface area contributed by atoms with Gasteiger partial charge in [-0.25, -0.2) is 0 Å². The van der Waals surface area contributed by atoms with Crippen molar-refractivity contribution in [3.8, 4) is 0 Å². The van der Waals surface area contributed by atoms with Gasteiger partial charge in [-0.05, 0) is 31.4 Å². The first-order valence-corrected chi connectivity index (χ1v) is 6.50. The van der Waals surface area contributed by atoms with Gasteiger partial charge < -0.3 is 11.1 Å². The maximum atomic E-state index is 11.2. The molecule has 0 aliphatic heterocycles. The maximum Gasteiger partial charge on any atom is 0.161 e. The van der Waals surface area contributed by atoms with Gasteiger partial charge in [-0.3, -0.25) is 4.79 Å². The van der Waals surface area contributed by atoms with Crippen LogP contribution < -0.4 is 11.1 Å². The highest BCUT2D eigenvalue weighted by Crippen LogP contribution is 2.19. The number of hydrogen-bond acceptors (Lipinski definition) is 4. The molecule has 1 aromatic carbocycles.